The van der Waals surface area contributed by atoms with E-state index in [0.717, 1.165) is 32.5 Å². The molecule has 5 heteroatoms. The lowest BCUT2D eigenvalue weighted by Gasteiger charge is -2.18. The van der Waals surface area contributed by atoms with Crippen molar-refractivity contribution < 1.29 is 4.74 Å². The number of nitrogens with zero attached hydrogens (tertiary/aromatic N) is 2. The average Bonchev–Trinajstić information content (AvgIpc) is 2.92. The Morgan fingerprint density at radius 2 is 2.05 bits per heavy atom. The van der Waals surface area contributed by atoms with Crippen LogP contribution in [0.2, 0.25) is 0 Å². The van der Waals surface area contributed by atoms with Crippen LogP contribution in [-0.4, -0.2) is 37.0 Å². The van der Waals surface area contributed by atoms with Crippen molar-refractivity contribution in [2.45, 2.75) is 50.9 Å². The second-order valence-corrected chi connectivity index (χ2v) is 6.31. The van der Waals surface area contributed by atoms with E-state index in [1.54, 1.807) is 7.11 Å². The second kappa shape index (κ2) is 8.61. The van der Waals surface area contributed by atoms with Crippen molar-refractivity contribution in [3.05, 3.63) is 10.0 Å². The fraction of sp³-hybridized carbons (Fsp3) is 0.857. The SMILES string of the molecule is COCCNCCCc1nnc(C2CCCCC2)s1. The third-order valence-corrected chi connectivity index (χ3v) is 4.81. The van der Waals surface area contributed by atoms with Crippen molar-refractivity contribution in [2.24, 2.45) is 0 Å². The van der Waals surface area contributed by atoms with Gasteiger partial charge in [-0.2, -0.15) is 0 Å². The molecule has 4 nitrogen and oxygen atoms in total. The summed E-state index contributed by atoms with van der Waals surface area (Å²) < 4.78 is 4.99. The zero-order chi connectivity index (χ0) is 13.3. The first-order valence-electron chi connectivity index (χ1n) is 7.42. The van der Waals surface area contributed by atoms with E-state index in [1.165, 1.54) is 42.1 Å². The number of hydrogen-bond donors (Lipinski definition) is 1. The van der Waals surface area contributed by atoms with Crippen LogP contribution in [0.1, 0.15) is 54.5 Å². The Hall–Kier alpha value is -0.520. The van der Waals surface area contributed by atoms with Crippen LogP contribution >= 0.6 is 11.3 Å². The van der Waals surface area contributed by atoms with Gasteiger partial charge in [0.05, 0.1) is 6.61 Å². The summed E-state index contributed by atoms with van der Waals surface area (Å²) in [5, 5.41) is 14.6. The van der Waals surface area contributed by atoms with Crippen molar-refractivity contribution >= 4 is 11.3 Å². The minimum Gasteiger partial charge on any atom is -0.383 e. The van der Waals surface area contributed by atoms with Gasteiger partial charge in [0, 0.05) is 26.0 Å². The van der Waals surface area contributed by atoms with E-state index < -0.39 is 0 Å². The molecule has 0 aromatic carbocycles. The van der Waals surface area contributed by atoms with Crippen LogP contribution in [-0.2, 0) is 11.2 Å². The maximum absolute atomic E-state index is 4.99. The highest BCUT2D eigenvalue weighted by atomic mass is 32.1. The predicted molar refractivity (Wildman–Crippen MR) is 78.8 cm³/mol. The Bertz CT molecular complexity index is 350. The highest BCUT2D eigenvalue weighted by Gasteiger charge is 2.19. The Balaban J connectivity index is 1.66. The van der Waals surface area contributed by atoms with E-state index >= 15 is 0 Å². The molecule has 1 aromatic heterocycles. The first-order valence-corrected chi connectivity index (χ1v) is 8.23. The number of nitrogens with one attached hydrogen (secondary N) is 1. The normalized spacial score (nSPS) is 16.9. The van der Waals surface area contributed by atoms with E-state index in [1.807, 2.05) is 11.3 Å². The van der Waals surface area contributed by atoms with E-state index in [9.17, 15) is 0 Å². The lowest BCUT2D eigenvalue weighted by Crippen LogP contribution is -2.20. The van der Waals surface area contributed by atoms with E-state index in [0.29, 0.717) is 5.92 Å². The van der Waals surface area contributed by atoms with Gasteiger partial charge in [-0.1, -0.05) is 19.3 Å². The zero-order valence-electron chi connectivity index (χ0n) is 11.9. The molecular weight excluding hydrogens is 258 g/mol. The third-order valence-electron chi connectivity index (χ3n) is 3.66. The van der Waals surface area contributed by atoms with Gasteiger partial charge in [0.15, 0.2) is 0 Å². The van der Waals surface area contributed by atoms with E-state index in [2.05, 4.69) is 15.5 Å². The molecule has 1 aliphatic carbocycles. The Labute approximate surface area is 120 Å². The molecule has 0 bridgehead atoms. The average molecular weight is 283 g/mol. The topological polar surface area (TPSA) is 47.0 Å². The number of hydrogen-bond acceptors (Lipinski definition) is 5. The summed E-state index contributed by atoms with van der Waals surface area (Å²) in [7, 11) is 1.73. The molecule has 2 rings (SSSR count). The molecule has 108 valence electrons. The minimum atomic E-state index is 0.694. The molecule has 0 amide bonds. The zero-order valence-corrected chi connectivity index (χ0v) is 12.7. The van der Waals surface area contributed by atoms with Gasteiger partial charge in [-0.3, -0.25) is 0 Å². The Morgan fingerprint density at radius 1 is 1.21 bits per heavy atom. The molecule has 1 N–H and O–H groups in total. The van der Waals surface area contributed by atoms with Gasteiger partial charge in [-0.15, -0.1) is 21.5 Å². The highest BCUT2D eigenvalue weighted by molar-refractivity contribution is 7.11. The molecule has 0 atom stereocenters. The first-order chi connectivity index (χ1) is 9.40. The lowest BCUT2D eigenvalue weighted by molar-refractivity contribution is 0.199. The molecule has 1 aromatic rings. The lowest BCUT2D eigenvalue weighted by atomic mass is 9.90. The number of methoxy groups -OCH3 is 1. The van der Waals surface area contributed by atoms with Gasteiger partial charge in [-0.25, -0.2) is 0 Å². The smallest absolute Gasteiger partial charge is 0.120 e. The molecule has 1 fully saturated rings. The van der Waals surface area contributed by atoms with Gasteiger partial charge in [0.1, 0.15) is 10.0 Å². The van der Waals surface area contributed by atoms with Crippen LogP contribution < -0.4 is 5.32 Å². The summed E-state index contributed by atoms with van der Waals surface area (Å²) in [6.45, 7) is 2.74. The van der Waals surface area contributed by atoms with E-state index in [-0.39, 0.29) is 0 Å². The third kappa shape index (κ3) is 5.16. The maximum Gasteiger partial charge on any atom is 0.120 e. The van der Waals surface area contributed by atoms with Gasteiger partial charge in [0.25, 0.3) is 0 Å². The first kappa shape index (κ1) is 14.9. The molecule has 0 unspecified atom stereocenters. The highest BCUT2D eigenvalue weighted by Crippen LogP contribution is 2.34. The summed E-state index contributed by atoms with van der Waals surface area (Å²) in [5.74, 6) is 0.694. The van der Waals surface area contributed by atoms with Crippen LogP contribution in [0.25, 0.3) is 0 Å². The molecule has 0 radical (unpaired) electrons. The van der Waals surface area contributed by atoms with Gasteiger partial charge < -0.3 is 10.1 Å². The quantitative estimate of drug-likeness (QED) is 0.745. The molecule has 1 heterocycles. The van der Waals surface area contributed by atoms with E-state index in [4.69, 9.17) is 4.74 Å². The Morgan fingerprint density at radius 3 is 2.84 bits per heavy atom. The minimum absolute atomic E-state index is 0.694. The van der Waals surface area contributed by atoms with Crippen LogP contribution in [0.3, 0.4) is 0 Å². The summed E-state index contributed by atoms with van der Waals surface area (Å²) in [6.07, 6.45) is 8.93. The predicted octanol–water partition coefficient (Wildman–Crippen LogP) is 2.75. The largest absolute Gasteiger partial charge is 0.383 e. The Kier molecular flexibility index (Phi) is 6.74. The van der Waals surface area contributed by atoms with Crippen molar-refractivity contribution in [2.75, 3.05) is 26.8 Å². The molecule has 0 spiro atoms. The number of rotatable bonds is 8. The fourth-order valence-corrected chi connectivity index (χ4v) is 3.60. The van der Waals surface area contributed by atoms with Crippen LogP contribution in [0.5, 0.6) is 0 Å². The summed E-state index contributed by atoms with van der Waals surface area (Å²) in [4.78, 5) is 0. The molecule has 0 saturated heterocycles. The summed E-state index contributed by atoms with van der Waals surface area (Å²) in [5.41, 5.74) is 0. The fourth-order valence-electron chi connectivity index (χ4n) is 2.55. The van der Waals surface area contributed by atoms with Crippen molar-refractivity contribution in [1.29, 1.82) is 0 Å². The van der Waals surface area contributed by atoms with Gasteiger partial charge >= 0.3 is 0 Å². The number of ether oxygens (including phenoxy) is 1. The molecule has 0 aliphatic heterocycles. The standard InChI is InChI=1S/C14H25N3OS/c1-18-11-10-15-9-5-8-13-16-17-14(19-13)12-6-3-2-4-7-12/h12,15H,2-11H2,1H3. The molecular formula is C14H25N3OS. The second-order valence-electron chi connectivity index (χ2n) is 5.22. The van der Waals surface area contributed by atoms with Crippen molar-refractivity contribution in [3.63, 3.8) is 0 Å². The summed E-state index contributed by atoms with van der Waals surface area (Å²) >= 11 is 1.83. The molecule has 19 heavy (non-hydrogen) atoms. The number of aryl methyl sites for hydroxylation is 1. The van der Waals surface area contributed by atoms with Gasteiger partial charge in [-0.05, 0) is 25.8 Å². The van der Waals surface area contributed by atoms with Crippen LogP contribution in [0, 0.1) is 0 Å². The maximum atomic E-state index is 4.99. The van der Waals surface area contributed by atoms with Crippen molar-refractivity contribution in [3.8, 4) is 0 Å². The van der Waals surface area contributed by atoms with Crippen LogP contribution in [0.4, 0.5) is 0 Å². The summed E-state index contributed by atoms with van der Waals surface area (Å²) in [6, 6.07) is 0. The van der Waals surface area contributed by atoms with Crippen molar-refractivity contribution in [1.82, 2.24) is 15.5 Å². The van der Waals surface area contributed by atoms with Crippen LogP contribution in [0.15, 0.2) is 0 Å². The number of aromatic nitrogens is 2. The molecule has 1 aliphatic rings. The van der Waals surface area contributed by atoms with Gasteiger partial charge in [0.2, 0.25) is 0 Å². The monoisotopic (exact) mass is 283 g/mol. The molecule has 1 saturated carbocycles.